The minimum atomic E-state index is 0.697. The maximum atomic E-state index is 9.93. The predicted molar refractivity (Wildman–Crippen MR) is 130 cm³/mol. The van der Waals surface area contributed by atoms with Gasteiger partial charge in [0.05, 0.1) is 16.6 Å². The molecule has 0 amide bonds. The number of fused-ring (bicyclic) bond motifs is 3. The van der Waals surface area contributed by atoms with Crippen molar-refractivity contribution in [1.29, 1.82) is 5.26 Å². The van der Waals surface area contributed by atoms with Crippen LogP contribution >= 0.6 is 0 Å². The van der Waals surface area contributed by atoms with Crippen LogP contribution in [0.2, 0.25) is 0 Å². The number of nitriles is 1. The van der Waals surface area contributed by atoms with Crippen LogP contribution in [0, 0.1) is 18.3 Å². The van der Waals surface area contributed by atoms with Crippen LogP contribution in [0.5, 0.6) is 0 Å². The number of anilines is 1. The van der Waals surface area contributed by atoms with Gasteiger partial charge in [0, 0.05) is 32.7 Å². The Bertz CT molecular complexity index is 1290. The highest BCUT2D eigenvalue weighted by atomic mass is 15.3. The molecule has 5 rings (SSSR count). The van der Waals surface area contributed by atoms with Gasteiger partial charge in [0.15, 0.2) is 5.65 Å². The molecule has 2 aromatic heterocycles. The maximum Gasteiger partial charge on any atom is 0.157 e. The molecule has 1 saturated heterocycles. The Morgan fingerprint density at radius 3 is 2.41 bits per heavy atom. The molecule has 32 heavy (non-hydrogen) atoms. The third-order valence-corrected chi connectivity index (χ3v) is 6.79. The Balaban J connectivity index is 1.48. The number of hydrogen-bond donors (Lipinski definition) is 0. The highest BCUT2D eigenvalue weighted by Crippen LogP contribution is 2.34. The van der Waals surface area contributed by atoms with E-state index in [0.717, 1.165) is 67.8 Å². The average Bonchev–Trinajstić information content (AvgIpc) is 3.22. The van der Waals surface area contributed by atoms with E-state index in [2.05, 4.69) is 76.6 Å². The summed E-state index contributed by atoms with van der Waals surface area (Å²) in [5.74, 6) is 1.22. The molecule has 1 aliphatic rings. The predicted octanol–water partition coefficient (Wildman–Crippen LogP) is 4.59. The van der Waals surface area contributed by atoms with E-state index in [1.54, 1.807) is 0 Å². The van der Waals surface area contributed by atoms with Crippen LogP contribution in [0.4, 0.5) is 5.82 Å². The van der Waals surface area contributed by atoms with E-state index < -0.39 is 0 Å². The second-order valence-electron chi connectivity index (χ2n) is 8.59. The van der Waals surface area contributed by atoms with Crippen LogP contribution in [0.15, 0.2) is 54.6 Å². The minimum absolute atomic E-state index is 0.697. The number of piperazine rings is 1. The molecule has 0 N–H and O–H groups in total. The molecule has 2 aromatic carbocycles. The Hall–Kier alpha value is -3.36. The molecule has 4 aromatic rings. The zero-order valence-electron chi connectivity index (χ0n) is 18.9. The standard InChI is InChI=1S/C27H29N5/c1-3-22-20(2)23(19-28)26-29-24-11-7-8-12-25(24)32(26)27(22)31-17-15-30(16-18-31)14-13-21-9-5-4-6-10-21/h4-12H,3,13-18H2,1-2H3. The Morgan fingerprint density at radius 1 is 0.969 bits per heavy atom. The zero-order valence-corrected chi connectivity index (χ0v) is 18.9. The summed E-state index contributed by atoms with van der Waals surface area (Å²) in [6, 6.07) is 21.4. The smallest absolute Gasteiger partial charge is 0.157 e. The topological polar surface area (TPSA) is 47.6 Å². The minimum Gasteiger partial charge on any atom is -0.355 e. The molecule has 0 bridgehead atoms. The summed E-state index contributed by atoms with van der Waals surface area (Å²) in [5, 5.41) is 9.93. The fourth-order valence-corrected chi connectivity index (χ4v) is 5.03. The first-order valence-corrected chi connectivity index (χ1v) is 11.5. The average molecular weight is 424 g/mol. The monoisotopic (exact) mass is 423 g/mol. The first-order valence-electron chi connectivity index (χ1n) is 11.5. The number of benzene rings is 2. The molecule has 1 fully saturated rings. The second kappa shape index (κ2) is 8.64. The van der Waals surface area contributed by atoms with Gasteiger partial charge >= 0.3 is 0 Å². The van der Waals surface area contributed by atoms with Crippen molar-refractivity contribution < 1.29 is 0 Å². The van der Waals surface area contributed by atoms with Crippen LogP contribution in [-0.4, -0.2) is 47.0 Å². The van der Waals surface area contributed by atoms with Gasteiger partial charge in [0.2, 0.25) is 0 Å². The van der Waals surface area contributed by atoms with E-state index in [9.17, 15) is 5.26 Å². The number of hydrogen-bond acceptors (Lipinski definition) is 4. The van der Waals surface area contributed by atoms with Crippen LogP contribution < -0.4 is 4.90 Å². The molecule has 0 aliphatic carbocycles. The first kappa shape index (κ1) is 20.5. The van der Waals surface area contributed by atoms with E-state index in [0.29, 0.717) is 5.56 Å². The van der Waals surface area contributed by atoms with Gasteiger partial charge < -0.3 is 4.90 Å². The molecule has 0 unspecified atom stereocenters. The van der Waals surface area contributed by atoms with Gasteiger partial charge in [-0.15, -0.1) is 0 Å². The molecule has 0 spiro atoms. The summed E-state index contributed by atoms with van der Waals surface area (Å²) in [6.07, 6.45) is 1.99. The first-order chi connectivity index (χ1) is 15.7. The molecular formula is C27H29N5. The van der Waals surface area contributed by atoms with Crippen molar-refractivity contribution in [3.63, 3.8) is 0 Å². The van der Waals surface area contributed by atoms with Gasteiger partial charge in [-0.1, -0.05) is 49.4 Å². The number of aromatic nitrogens is 2. The summed E-state index contributed by atoms with van der Waals surface area (Å²) >= 11 is 0. The largest absolute Gasteiger partial charge is 0.355 e. The Kier molecular flexibility index (Phi) is 5.55. The zero-order chi connectivity index (χ0) is 22.1. The normalized spacial score (nSPS) is 14.8. The maximum absolute atomic E-state index is 9.93. The van der Waals surface area contributed by atoms with Crippen molar-refractivity contribution >= 4 is 22.5 Å². The van der Waals surface area contributed by atoms with Crippen molar-refractivity contribution in [1.82, 2.24) is 14.3 Å². The van der Waals surface area contributed by atoms with Gasteiger partial charge in [-0.05, 0) is 48.6 Å². The molecule has 162 valence electrons. The number of para-hydroxylation sites is 2. The van der Waals surface area contributed by atoms with E-state index >= 15 is 0 Å². The lowest BCUT2D eigenvalue weighted by Crippen LogP contribution is -2.47. The fourth-order valence-electron chi connectivity index (χ4n) is 5.03. The summed E-state index contributed by atoms with van der Waals surface area (Å²) in [6.45, 7) is 9.41. The van der Waals surface area contributed by atoms with Crippen LogP contribution in [0.1, 0.15) is 29.2 Å². The number of rotatable bonds is 5. The second-order valence-corrected chi connectivity index (χ2v) is 8.59. The van der Waals surface area contributed by atoms with Crippen molar-refractivity contribution in [3.05, 3.63) is 76.9 Å². The molecule has 1 aliphatic heterocycles. The number of nitrogens with zero attached hydrogens (tertiary/aromatic N) is 5. The number of pyridine rings is 1. The summed E-state index contributed by atoms with van der Waals surface area (Å²) in [4.78, 5) is 9.93. The van der Waals surface area contributed by atoms with Gasteiger partial charge in [0.1, 0.15) is 11.9 Å². The van der Waals surface area contributed by atoms with Gasteiger partial charge in [-0.25, -0.2) is 4.98 Å². The summed E-state index contributed by atoms with van der Waals surface area (Å²) in [7, 11) is 0. The fraction of sp³-hybridized carbons (Fsp3) is 0.333. The molecule has 5 nitrogen and oxygen atoms in total. The third kappa shape index (κ3) is 3.51. The molecule has 0 saturated carbocycles. The highest BCUT2D eigenvalue weighted by Gasteiger charge is 2.26. The molecule has 5 heteroatoms. The molecular weight excluding hydrogens is 394 g/mol. The van der Waals surface area contributed by atoms with E-state index in [-0.39, 0.29) is 0 Å². The van der Waals surface area contributed by atoms with Crippen LogP contribution in [0.25, 0.3) is 16.7 Å². The number of imidazole rings is 1. The Labute approximate surface area is 189 Å². The molecule has 0 atom stereocenters. The molecule has 3 heterocycles. The van der Waals surface area contributed by atoms with Gasteiger partial charge in [-0.3, -0.25) is 9.30 Å². The van der Waals surface area contributed by atoms with E-state index in [4.69, 9.17) is 4.98 Å². The summed E-state index contributed by atoms with van der Waals surface area (Å²) < 4.78 is 2.24. The van der Waals surface area contributed by atoms with Crippen molar-refractivity contribution in [2.45, 2.75) is 26.7 Å². The Morgan fingerprint density at radius 2 is 1.69 bits per heavy atom. The molecule has 0 radical (unpaired) electrons. The third-order valence-electron chi connectivity index (χ3n) is 6.79. The van der Waals surface area contributed by atoms with Crippen LogP contribution in [0.3, 0.4) is 0 Å². The van der Waals surface area contributed by atoms with E-state index in [1.165, 1.54) is 16.9 Å². The highest BCUT2D eigenvalue weighted by molar-refractivity contribution is 5.86. The van der Waals surface area contributed by atoms with Gasteiger partial charge in [0.25, 0.3) is 0 Å². The van der Waals surface area contributed by atoms with E-state index in [1.807, 2.05) is 12.1 Å². The van der Waals surface area contributed by atoms with Gasteiger partial charge in [-0.2, -0.15) is 5.26 Å². The lowest BCUT2D eigenvalue weighted by molar-refractivity contribution is 0.260. The quantitative estimate of drug-likeness (QED) is 0.471. The lowest BCUT2D eigenvalue weighted by Gasteiger charge is -2.37. The van der Waals surface area contributed by atoms with Crippen molar-refractivity contribution in [2.75, 3.05) is 37.6 Å². The van der Waals surface area contributed by atoms with Crippen molar-refractivity contribution in [2.24, 2.45) is 0 Å². The van der Waals surface area contributed by atoms with Crippen LogP contribution in [-0.2, 0) is 12.8 Å². The lowest BCUT2D eigenvalue weighted by atomic mass is 10.0. The van der Waals surface area contributed by atoms with Crippen molar-refractivity contribution in [3.8, 4) is 6.07 Å². The summed E-state index contributed by atoms with van der Waals surface area (Å²) in [5.41, 5.74) is 7.23. The SMILES string of the molecule is CCc1c(C)c(C#N)c2nc3ccccc3n2c1N1CCN(CCc2ccccc2)CC1.